The molecule has 9 heteroatoms. The highest BCUT2D eigenvalue weighted by Gasteiger charge is 2.37. The lowest BCUT2D eigenvalue weighted by Crippen LogP contribution is -2.18. The number of nitrogens with one attached hydrogen (secondary N) is 1. The van der Waals surface area contributed by atoms with Crippen LogP contribution in [0.3, 0.4) is 0 Å². The topological polar surface area (TPSA) is 131 Å². The number of allylic oxidation sites excluding steroid dienone is 1. The zero-order valence-electron chi connectivity index (χ0n) is 24.3. The summed E-state index contributed by atoms with van der Waals surface area (Å²) in [5.74, 6) is -1.27. The fourth-order valence-electron chi connectivity index (χ4n) is 6.83. The van der Waals surface area contributed by atoms with Crippen LogP contribution in [0.25, 0.3) is 49.2 Å². The van der Waals surface area contributed by atoms with Gasteiger partial charge in [-0.1, -0.05) is 25.0 Å². The molecule has 0 aliphatic heterocycles. The predicted octanol–water partition coefficient (Wildman–Crippen LogP) is 5.63. The number of hydrogen-bond acceptors (Lipinski definition) is 9. The Morgan fingerprint density at radius 2 is 1.40 bits per heavy atom. The van der Waals surface area contributed by atoms with Crippen molar-refractivity contribution in [3.8, 4) is 28.7 Å². The summed E-state index contributed by atoms with van der Waals surface area (Å²) in [5.41, 5.74) is 0.778. The lowest BCUT2D eigenvalue weighted by molar-refractivity contribution is -0.117. The van der Waals surface area contributed by atoms with Gasteiger partial charge in [0.15, 0.2) is 5.75 Å². The van der Waals surface area contributed by atoms with E-state index in [-0.39, 0.29) is 51.0 Å². The Hall–Kier alpha value is -4.79. The molecule has 0 saturated carbocycles. The first-order chi connectivity index (χ1) is 20.1. The zero-order valence-corrected chi connectivity index (χ0v) is 24.3. The van der Waals surface area contributed by atoms with Gasteiger partial charge in [-0.2, -0.15) is 0 Å². The molecule has 0 heterocycles. The highest BCUT2D eigenvalue weighted by atomic mass is 16.5. The van der Waals surface area contributed by atoms with Crippen LogP contribution < -0.4 is 30.4 Å². The fraction of sp³-hybridized carbons (Fsp3) is 0.303. The highest BCUT2D eigenvalue weighted by molar-refractivity contribution is 6.39. The van der Waals surface area contributed by atoms with Gasteiger partial charge in [0.25, 0.3) is 0 Å². The van der Waals surface area contributed by atoms with Crippen LogP contribution in [0.4, 0.5) is 5.69 Å². The number of Topliss-reactive ketones (excluding diaryl/α,β-unsaturated/α-hetero) is 1. The SMILES string of the molecule is CCCCNc1c2c3c4c(c(OC)c(=O)c5c(O)cc(OC)c(c6c(OC)cc(O)c(c1=O)c63)c54)C(C(C)=O)C(C)=C2. The van der Waals surface area contributed by atoms with Crippen LogP contribution in [0.15, 0.2) is 27.3 Å². The number of ether oxygens (including phenoxy) is 3. The molecular weight excluding hydrogens is 538 g/mol. The van der Waals surface area contributed by atoms with Crippen LogP contribution in [0, 0.1) is 0 Å². The summed E-state index contributed by atoms with van der Waals surface area (Å²) >= 11 is 0. The molecule has 0 amide bonds. The van der Waals surface area contributed by atoms with E-state index in [0.29, 0.717) is 55.6 Å². The Morgan fingerprint density at radius 1 is 0.833 bits per heavy atom. The fourth-order valence-corrected chi connectivity index (χ4v) is 6.83. The van der Waals surface area contributed by atoms with Gasteiger partial charge in [0.1, 0.15) is 28.8 Å². The second-order valence-electron chi connectivity index (χ2n) is 10.8. The molecule has 1 aliphatic rings. The molecule has 3 N–H and O–H groups in total. The number of ketones is 1. The maximum atomic E-state index is 14.3. The molecular formula is C33H31NO8. The molecule has 5 aromatic rings. The molecule has 1 aliphatic carbocycles. The molecule has 1 atom stereocenters. The third-order valence-corrected chi connectivity index (χ3v) is 8.48. The first-order valence-electron chi connectivity index (χ1n) is 13.8. The third kappa shape index (κ3) is 3.39. The highest BCUT2D eigenvalue weighted by Crippen LogP contribution is 2.55. The average Bonchev–Trinajstić information content (AvgIpc) is 3.08. The number of methoxy groups -OCH3 is 3. The molecule has 0 saturated heterocycles. The number of phenols is 2. The van der Waals surface area contributed by atoms with Crippen LogP contribution in [0.2, 0.25) is 0 Å². The molecule has 5 aromatic carbocycles. The molecule has 0 radical (unpaired) electrons. The lowest BCUT2D eigenvalue weighted by atomic mass is 9.80. The van der Waals surface area contributed by atoms with Gasteiger partial charge in [-0.05, 0) is 25.7 Å². The van der Waals surface area contributed by atoms with Crippen LogP contribution in [-0.2, 0) is 4.79 Å². The monoisotopic (exact) mass is 569 g/mol. The van der Waals surface area contributed by atoms with E-state index in [4.69, 9.17) is 14.2 Å². The van der Waals surface area contributed by atoms with Gasteiger partial charge in [-0.15, -0.1) is 0 Å². The Bertz CT molecular complexity index is 2110. The van der Waals surface area contributed by atoms with Crippen molar-refractivity contribution in [1.29, 1.82) is 0 Å². The molecule has 0 spiro atoms. The quantitative estimate of drug-likeness (QED) is 0.124. The summed E-state index contributed by atoms with van der Waals surface area (Å²) in [7, 11) is 4.24. The number of carbonyl (C=O) groups excluding carboxylic acids is 1. The number of anilines is 1. The average molecular weight is 570 g/mol. The molecule has 0 bridgehead atoms. The minimum Gasteiger partial charge on any atom is -0.507 e. The van der Waals surface area contributed by atoms with Gasteiger partial charge < -0.3 is 29.7 Å². The van der Waals surface area contributed by atoms with Crippen molar-refractivity contribution in [1.82, 2.24) is 0 Å². The summed E-state index contributed by atoms with van der Waals surface area (Å²) in [6.45, 7) is 5.78. The van der Waals surface area contributed by atoms with Crippen LogP contribution in [0.5, 0.6) is 28.7 Å². The van der Waals surface area contributed by atoms with E-state index in [2.05, 4.69) is 5.32 Å². The number of rotatable bonds is 8. The summed E-state index contributed by atoms with van der Waals surface area (Å²) in [6.07, 6.45) is 3.49. The summed E-state index contributed by atoms with van der Waals surface area (Å²) < 4.78 is 17.2. The van der Waals surface area contributed by atoms with E-state index in [1.807, 2.05) is 6.92 Å². The van der Waals surface area contributed by atoms with E-state index >= 15 is 0 Å². The predicted molar refractivity (Wildman–Crippen MR) is 165 cm³/mol. The smallest absolute Gasteiger partial charge is 0.232 e. The van der Waals surface area contributed by atoms with Crippen molar-refractivity contribution >= 4 is 60.6 Å². The summed E-state index contributed by atoms with van der Waals surface area (Å²) in [6, 6.07) is 2.72. The first kappa shape index (κ1) is 27.4. The van der Waals surface area contributed by atoms with E-state index < -0.39 is 16.8 Å². The van der Waals surface area contributed by atoms with Crippen molar-refractivity contribution in [3.05, 3.63) is 49.3 Å². The van der Waals surface area contributed by atoms with Crippen molar-refractivity contribution in [2.24, 2.45) is 0 Å². The second kappa shape index (κ2) is 9.65. The van der Waals surface area contributed by atoms with E-state index in [1.165, 1.54) is 40.4 Å². The maximum Gasteiger partial charge on any atom is 0.232 e. The first-order valence-corrected chi connectivity index (χ1v) is 13.8. The number of fused-ring (bicyclic) bond motifs is 1. The number of unbranched alkanes of at least 4 members (excludes halogenated alkanes) is 1. The molecule has 6 rings (SSSR count). The molecule has 0 fully saturated rings. The van der Waals surface area contributed by atoms with Crippen LogP contribution in [0.1, 0.15) is 50.7 Å². The van der Waals surface area contributed by atoms with Crippen LogP contribution in [-0.4, -0.2) is 43.9 Å². The Labute approximate surface area is 240 Å². The Morgan fingerprint density at radius 3 is 1.93 bits per heavy atom. The van der Waals surface area contributed by atoms with Crippen LogP contribution >= 0.6 is 0 Å². The van der Waals surface area contributed by atoms with Gasteiger partial charge in [0.05, 0.1) is 43.7 Å². The zero-order chi connectivity index (χ0) is 30.2. The van der Waals surface area contributed by atoms with Crippen molar-refractivity contribution in [3.63, 3.8) is 0 Å². The number of carbonyl (C=O) groups is 1. The minimum absolute atomic E-state index is 0.00479. The summed E-state index contributed by atoms with van der Waals surface area (Å²) in [4.78, 5) is 41.7. The molecule has 0 aromatic heterocycles. The number of hydrogen-bond donors (Lipinski definition) is 3. The van der Waals surface area contributed by atoms with Gasteiger partial charge in [0, 0.05) is 56.7 Å². The van der Waals surface area contributed by atoms with Gasteiger partial charge in [-0.3, -0.25) is 14.4 Å². The number of aromatic hydroxyl groups is 2. The number of phenolic OH excluding ortho intramolecular Hbond substituents is 2. The summed E-state index contributed by atoms with van der Waals surface area (Å²) in [5, 5.41) is 28.5. The second-order valence-corrected chi connectivity index (χ2v) is 10.8. The van der Waals surface area contributed by atoms with Crippen molar-refractivity contribution < 1.29 is 29.2 Å². The molecule has 9 nitrogen and oxygen atoms in total. The van der Waals surface area contributed by atoms with Gasteiger partial charge in [0.2, 0.25) is 10.9 Å². The lowest BCUT2D eigenvalue weighted by Gasteiger charge is -2.24. The van der Waals surface area contributed by atoms with E-state index in [0.717, 1.165) is 12.8 Å². The van der Waals surface area contributed by atoms with Crippen molar-refractivity contribution in [2.75, 3.05) is 33.2 Å². The van der Waals surface area contributed by atoms with Gasteiger partial charge >= 0.3 is 0 Å². The molecule has 1 unspecified atom stereocenters. The Balaban J connectivity index is 2.11. The maximum absolute atomic E-state index is 14.3. The van der Waals surface area contributed by atoms with Gasteiger partial charge in [-0.25, -0.2) is 0 Å². The standard InChI is InChI=1S/C33H31NO8/c1-7-8-9-34-30-15-10-13(2)20(14(3)35)29-27-21(15)26-22(31(30)38)16(36)11-18(40-4)24(26)25-19(41-5)12-17(37)23(28(25)27)32(39)33(29)42-6/h10-12,20,34,36-37H,7-9H2,1-6H3. The van der Waals surface area contributed by atoms with E-state index in [9.17, 15) is 24.6 Å². The largest absolute Gasteiger partial charge is 0.507 e. The molecule has 216 valence electrons. The number of benzene rings is 5. The van der Waals surface area contributed by atoms with E-state index in [1.54, 1.807) is 13.0 Å². The van der Waals surface area contributed by atoms with Crippen molar-refractivity contribution in [2.45, 2.75) is 39.5 Å². The third-order valence-electron chi connectivity index (χ3n) is 8.48. The normalized spacial score (nSPS) is 14.6. The minimum atomic E-state index is -0.880. The Kier molecular flexibility index (Phi) is 6.29. The molecule has 42 heavy (non-hydrogen) atoms.